The quantitative estimate of drug-likeness (QED) is 0.393. The Kier molecular flexibility index (Phi) is 5.03. The van der Waals surface area contributed by atoms with E-state index in [2.05, 4.69) is 0 Å². The minimum Gasteiger partial charge on any atom is -0.496 e. The number of carbonyl (C=O) groups excluding carboxylic acids is 2. The molecule has 138 valence electrons. The predicted octanol–water partition coefficient (Wildman–Crippen LogP) is 3.06. The summed E-state index contributed by atoms with van der Waals surface area (Å²) in [7, 11) is 1.46. The van der Waals surface area contributed by atoms with Crippen LogP contribution >= 0.6 is 0 Å². The lowest BCUT2D eigenvalue weighted by molar-refractivity contribution is -0.148. The minimum atomic E-state index is -1.65. The zero-order chi connectivity index (χ0) is 19.6. The number of hydrogen-bond acceptors (Lipinski definition) is 4. The molecule has 0 aliphatic heterocycles. The fourth-order valence-corrected chi connectivity index (χ4v) is 2.94. The van der Waals surface area contributed by atoms with Crippen molar-refractivity contribution in [1.29, 1.82) is 0 Å². The standard InChI is InChI=1S/C20H16FNO5/c1-27-18-4-2-3-15-19(18)14(16(23)9-17(24)20(25)26)11-22(15)10-12-5-7-13(21)8-6-12/h2-8,11H,9-10H2,1H3,(H,25,26). The van der Waals surface area contributed by atoms with Crippen molar-refractivity contribution in [2.45, 2.75) is 13.0 Å². The number of aromatic nitrogens is 1. The van der Waals surface area contributed by atoms with E-state index in [4.69, 9.17) is 9.84 Å². The van der Waals surface area contributed by atoms with Gasteiger partial charge in [-0.05, 0) is 29.8 Å². The second-order valence-corrected chi connectivity index (χ2v) is 5.98. The molecule has 1 heterocycles. The number of aliphatic carboxylic acids is 1. The van der Waals surface area contributed by atoms with E-state index in [1.165, 1.54) is 19.2 Å². The summed E-state index contributed by atoms with van der Waals surface area (Å²) in [4.78, 5) is 34.8. The van der Waals surface area contributed by atoms with Crippen LogP contribution in [0.1, 0.15) is 22.3 Å². The lowest BCUT2D eigenvalue weighted by Gasteiger charge is -2.07. The zero-order valence-electron chi connectivity index (χ0n) is 14.4. The van der Waals surface area contributed by atoms with E-state index in [0.29, 0.717) is 23.2 Å². The number of ether oxygens (including phenoxy) is 1. The van der Waals surface area contributed by atoms with E-state index in [9.17, 15) is 18.8 Å². The van der Waals surface area contributed by atoms with Crippen molar-refractivity contribution in [1.82, 2.24) is 4.57 Å². The number of benzene rings is 2. The summed E-state index contributed by atoms with van der Waals surface area (Å²) in [6, 6.07) is 11.2. The average molecular weight is 369 g/mol. The highest BCUT2D eigenvalue weighted by atomic mass is 19.1. The molecule has 0 spiro atoms. The number of carboxylic acid groups (broad SMARTS) is 1. The van der Waals surface area contributed by atoms with Crippen molar-refractivity contribution in [3.05, 3.63) is 65.6 Å². The smallest absolute Gasteiger partial charge is 0.372 e. The van der Waals surface area contributed by atoms with Gasteiger partial charge in [0.15, 0.2) is 5.78 Å². The molecule has 0 saturated carbocycles. The maximum Gasteiger partial charge on any atom is 0.372 e. The lowest BCUT2D eigenvalue weighted by Crippen LogP contribution is -2.17. The van der Waals surface area contributed by atoms with Crippen molar-refractivity contribution >= 4 is 28.4 Å². The first-order valence-corrected chi connectivity index (χ1v) is 8.10. The van der Waals surface area contributed by atoms with E-state index in [-0.39, 0.29) is 11.4 Å². The van der Waals surface area contributed by atoms with Crippen molar-refractivity contribution in [3.63, 3.8) is 0 Å². The Balaban J connectivity index is 2.07. The van der Waals surface area contributed by atoms with E-state index in [1.54, 1.807) is 41.1 Å². The van der Waals surface area contributed by atoms with E-state index >= 15 is 0 Å². The number of nitrogens with zero attached hydrogens (tertiary/aromatic N) is 1. The number of carbonyl (C=O) groups is 3. The van der Waals surface area contributed by atoms with Gasteiger partial charge in [0.2, 0.25) is 5.78 Å². The third kappa shape index (κ3) is 3.72. The van der Waals surface area contributed by atoms with Gasteiger partial charge in [-0.15, -0.1) is 0 Å². The number of fused-ring (bicyclic) bond motifs is 1. The second-order valence-electron chi connectivity index (χ2n) is 5.98. The number of methoxy groups -OCH3 is 1. The van der Waals surface area contributed by atoms with Crippen LogP contribution in [0.3, 0.4) is 0 Å². The van der Waals surface area contributed by atoms with Gasteiger partial charge < -0.3 is 14.4 Å². The fraction of sp³-hybridized carbons (Fsp3) is 0.150. The first-order chi connectivity index (χ1) is 12.9. The lowest BCUT2D eigenvalue weighted by atomic mass is 10.0. The maximum absolute atomic E-state index is 13.1. The number of Topliss-reactive ketones (excluding diaryl/α,β-unsaturated/α-hetero) is 2. The molecule has 6 nitrogen and oxygen atoms in total. The molecule has 0 amide bonds. The first-order valence-electron chi connectivity index (χ1n) is 8.10. The first kappa shape index (κ1) is 18.3. The Morgan fingerprint density at radius 3 is 2.44 bits per heavy atom. The number of rotatable bonds is 7. The number of ketones is 2. The predicted molar refractivity (Wildman–Crippen MR) is 95.6 cm³/mol. The third-order valence-corrected chi connectivity index (χ3v) is 4.21. The van der Waals surface area contributed by atoms with Gasteiger partial charge in [0.1, 0.15) is 11.6 Å². The molecule has 1 N–H and O–H groups in total. The summed E-state index contributed by atoms with van der Waals surface area (Å²) in [5.41, 5.74) is 1.71. The Hall–Kier alpha value is -3.48. The van der Waals surface area contributed by atoms with Crippen LogP contribution in [0.25, 0.3) is 10.9 Å². The highest BCUT2D eigenvalue weighted by Gasteiger charge is 2.23. The van der Waals surface area contributed by atoms with Gasteiger partial charge in [-0.1, -0.05) is 18.2 Å². The van der Waals surface area contributed by atoms with Crippen molar-refractivity contribution < 1.29 is 28.6 Å². The Morgan fingerprint density at radius 1 is 1.11 bits per heavy atom. The monoisotopic (exact) mass is 369 g/mol. The van der Waals surface area contributed by atoms with Crippen LogP contribution in [0.15, 0.2) is 48.7 Å². The topological polar surface area (TPSA) is 85.6 Å². The maximum atomic E-state index is 13.1. The Morgan fingerprint density at radius 2 is 1.81 bits per heavy atom. The van der Waals surface area contributed by atoms with Crippen LogP contribution < -0.4 is 4.74 Å². The SMILES string of the molecule is COc1cccc2c1c(C(=O)CC(=O)C(=O)O)cn2Cc1ccc(F)cc1. The van der Waals surface area contributed by atoms with Gasteiger partial charge in [0.25, 0.3) is 0 Å². The molecular weight excluding hydrogens is 353 g/mol. The van der Waals surface area contributed by atoms with Crippen molar-refractivity contribution in [2.75, 3.05) is 7.11 Å². The van der Waals surface area contributed by atoms with Crippen molar-refractivity contribution in [2.24, 2.45) is 0 Å². The van der Waals surface area contributed by atoms with E-state index in [1.807, 2.05) is 0 Å². The summed E-state index contributed by atoms with van der Waals surface area (Å²) in [6.45, 7) is 0.365. The van der Waals surface area contributed by atoms with Crippen LogP contribution in [0.4, 0.5) is 4.39 Å². The third-order valence-electron chi connectivity index (χ3n) is 4.21. The molecule has 0 radical (unpaired) electrons. The molecule has 0 atom stereocenters. The molecule has 0 bridgehead atoms. The van der Waals surface area contributed by atoms with Gasteiger partial charge in [0.05, 0.1) is 24.4 Å². The highest BCUT2D eigenvalue weighted by Crippen LogP contribution is 2.32. The molecule has 1 aromatic heterocycles. The van der Waals surface area contributed by atoms with E-state index < -0.39 is 24.0 Å². The number of hydrogen-bond donors (Lipinski definition) is 1. The minimum absolute atomic E-state index is 0.208. The Bertz CT molecular complexity index is 1040. The second kappa shape index (κ2) is 7.41. The normalized spacial score (nSPS) is 10.7. The molecule has 0 saturated heterocycles. The molecule has 0 aliphatic rings. The molecule has 0 fully saturated rings. The summed E-state index contributed by atoms with van der Waals surface area (Å²) < 4.78 is 20.2. The summed E-state index contributed by atoms with van der Waals surface area (Å²) in [5.74, 6) is -3.33. The molecule has 0 aliphatic carbocycles. The number of carboxylic acids is 1. The summed E-state index contributed by atoms with van der Waals surface area (Å²) in [5, 5.41) is 9.26. The van der Waals surface area contributed by atoms with Gasteiger partial charge in [-0.2, -0.15) is 0 Å². The fourth-order valence-electron chi connectivity index (χ4n) is 2.94. The van der Waals surface area contributed by atoms with Crippen LogP contribution in [0.5, 0.6) is 5.75 Å². The van der Waals surface area contributed by atoms with Gasteiger partial charge >= 0.3 is 5.97 Å². The number of halogens is 1. The van der Waals surface area contributed by atoms with Gasteiger partial charge in [0, 0.05) is 18.3 Å². The zero-order valence-corrected chi connectivity index (χ0v) is 14.4. The van der Waals surface area contributed by atoms with E-state index in [0.717, 1.165) is 5.56 Å². The Labute approximate surface area is 153 Å². The van der Waals surface area contributed by atoms with Crippen LogP contribution in [0, 0.1) is 5.82 Å². The molecular formula is C20H16FNO5. The van der Waals surface area contributed by atoms with Gasteiger partial charge in [-0.3, -0.25) is 9.59 Å². The van der Waals surface area contributed by atoms with Crippen LogP contribution in [-0.2, 0) is 16.1 Å². The summed E-state index contributed by atoms with van der Waals surface area (Å²) >= 11 is 0. The summed E-state index contributed by atoms with van der Waals surface area (Å²) in [6.07, 6.45) is 0.830. The van der Waals surface area contributed by atoms with Gasteiger partial charge in [-0.25, -0.2) is 9.18 Å². The average Bonchev–Trinajstić information content (AvgIpc) is 3.02. The molecule has 3 aromatic rings. The molecule has 3 rings (SSSR count). The van der Waals surface area contributed by atoms with Crippen molar-refractivity contribution in [3.8, 4) is 5.75 Å². The largest absolute Gasteiger partial charge is 0.496 e. The van der Waals surface area contributed by atoms with Crippen LogP contribution in [0.2, 0.25) is 0 Å². The molecule has 0 unspecified atom stereocenters. The highest BCUT2D eigenvalue weighted by molar-refractivity contribution is 6.38. The molecule has 2 aromatic carbocycles. The molecule has 7 heteroatoms. The molecule has 27 heavy (non-hydrogen) atoms. The van der Waals surface area contributed by atoms with Crippen LogP contribution in [-0.4, -0.2) is 34.3 Å².